The van der Waals surface area contributed by atoms with E-state index in [0.717, 1.165) is 23.7 Å². The van der Waals surface area contributed by atoms with E-state index in [-0.39, 0.29) is 16.7 Å². The van der Waals surface area contributed by atoms with Crippen molar-refractivity contribution in [2.45, 2.75) is 25.0 Å². The molecule has 2 N–H and O–H groups in total. The summed E-state index contributed by atoms with van der Waals surface area (Å²) < 4.78 is 0. The third-order valence-electron chi connectivity index (χ3n) is 2.63. The zero-order valence-electron chi connectivity index (χ0n) is 9.73. The van der Waals surface area contributed by atoms with Crippen LogP contribution in [0.15, 0.2) is 4.79 Å². The third-order valence-corrected chi connectivity index (χ3v) is 5.40. The van der Waals surface area contributed by atoms with Gasteiger partial charge in [0.1, 0.15) is 5.82 Å². The van der Waals surface area contributed by atoms with Crippen LogP contribution in [0, 0.1) is 0 Å². The van der Waals surface area contributed by atoms with Crippen LogP contribution in [0.4, 0.5) is 0 Å². The van der Waals surface area contributed by atoms with Crippen molar-refractivity contribution in [3.8, 4) is 5.88 Å². The van der Waals surface area contributed by atoms with Crippen LogP contribution in [0.1, 0.15) is 30.0 Å². The standard InChI is InChI=1S/C11H16N2O2S2/c1-2-3-7-10(14)12-9(13-11(7)15)8-6-16-4-5-17-8/h8H,2-6H2,1H3,(H2,12,13,14,15). The Morgan fingerprint density at radius 2 is 2.35 bits per heavy atom. The fraction of sp³-hybridized carbons (Fsp3) is 0.636. The van der Waals surface area contributed by atoms with Gasteiger partial charge in [0.25, 0.3) is 5.56 Å². The topological polar surface area (TPSA) is 66.0 Å². The van der Waals surface area contributed by atoms with Crippen molar-refractivity contribution in [3.63, 3.8) is 0 Å². The molecule has 1 fully saturated rings. The van der Waals surface area contributed by atoms with Gasteiger partial charge in [-0.25, -0.2) is 0 Å². The normalized spacial score (nSPS) is 20.4. The highest BCUT2D eigenvalue weighted by atomic mass is 32.2. The molecule has 2 rings (SSSR count). The maximum atomic E-state index is 11.8. The average Bonchev–Trinajstić information content (AvgIpc) is 2.35. The lowest BCUT2D eigenvalue weighted by atomic mass is 10.2. The van der Waals surface area contributed by atoms with Crippen LogP contribution in [0.2, 0.25) is 0 Å². The summed E-state index contributed by atoms with van der Waals surface area (Å²) in [5.74, 6) is 3.67. The molecule has 0 aromatic carbocycles. The molecule has 17 heavy (non-hydrogen) atoms. The minimum absolute atomic E-state index is 0.0956. The van der Waals surface area contributed by atoms with E-state index in [1.165, 1.54) is 0 Å². The molecule has 2 heterocycles. The monoisotopic (exact) mass is 272 g/mol. The van der Waals surface area contributed by atoms with Crippen LogP contribution in [0.25, 0.3) is 0 Å². The molecule has 0 saturated carbocycles. The van der Waals surface area contributed by atoms with Gasteiger partial charge in [0.2, 0.25) is 5.88 Å². The van der Waals surface area contributed by atoms with Crippen LogP contribution in [0.5, 0.6) is 5.88 Å². The van der Waals surface area contributed by atoms with Crippen LogP contribution in [-0.2, 0) is 6.42 Å². The average molecular weight is 272 g/mol. The summed E-state index contributed by atoms with van der Waals surface area (Å²) in [4.78, 5) is 18.8. The Bertz CT molecular complexity index is 442. The van der Waals surface area contributed by atoms with E-state index < -0.39 is 0 Å². The van der Waals surface area contributed by atoms with Crippen molar-refractivity contribution in [1.82, 2.24) is 9.97 Å². The van der Waals surface area contributed by atoms with Crippen molar-refractivity contribution in [1.29, 1.82) is 0 Å². The van der Waals surface area contributed by atoms with Crippen molar-refractivity contribution in [2.75, 3.05) is 17.3 Å². The van der Waals surface area contributed by atoms with E-state index in [9.17, 15) is 9.90 Å². The number of aromatic nitrogens is 2. The maximum absolute atomic E-state index is 11.8. The molecule has 0 aliphatic carbocycles. The molecule has 0 amide bonds. The summed E-state index contributed by atoms with van der Waals surface area (Å²) >= 11 is 3.65. The Morgan fingerprint density at radius 3 is 2.94 bits per heavy atom. The lowest BCUT2D eigenvalue weighted by molar-refractivity contribution is 0.439. The van der Waals surface area contributed by atoms with Gasteiger partial charge in [-0.1, -0.05) is 13.3 Å². The Labute approximate surface area is 109 Å². The summed E-state index contributed by atoms with van der Waals surface area (Å²) in [7, 11) is 0. The quantitative estimate of drug-likeness (QED) is 0.880. The molecule has 0 bridgehead atoms. The van der Waals surface area contributed by atoms with E-state index in [1.54, 1.807) is 11.8 Å². The molecule has 1 aromatic rings. The zero-order chi connectivity index (χ0) is 12.3. The number of nitrogens with zero attached hydrogens (tertiary/aromatic N) is 1. The predicted octanol–water partition coefficient (Wildman–Crippen LogP) is 1.95. The first-order valence-corrected chi connectivity index (χ1v) is 7.94. The van der Waals surface area contributed by atoms with Crippen molar-refractivity contribution >= 4 is 23.5 Å². The molecule has 1 aromatic heterocycles. The molecular formula is C11H16N2O2S2. The summed E-state index contributed by atoms with van der Waals surface area (Å²) in [5, 5.41) is 9.98. The highest BCUT2D eigenvalue weighted by Crippen LogP contribution is 2.35. The number of hydrogen-bond acceptors (Lipinski definition) is 5. The fourth-order valence-corrected chi connectivity index (χ4v) is 4.40. The van der Waals surface area contributed by atoms with Gasteiger partial charge in [-0.3, -0.25) is 4.79 Å². The number of hydrogen-bond donors (Lipinski definition) is 2. The fourth-order valence-electron chi connectivity index (χ4n) is 1.78. The summed E-state index contributed by atoms with van der Waals surface area (Å²) in [5.41, 5.74) is 0.218. The number of rotatable bonds is 3. The van der Waals surface area contributed by atoms with Crippen LogP contribution >= 0.6 is 23.5 Å². The zero-order valence-corrected chi connectivity index (χ0v) is 11.4. The number of aromatic hydroxyl groups is 1. The summed E-state index contributed by atoms with van der Waals surface area (Å²) in [6.07, 6.45) is 1.40. The summed E-state index contributed by atoms with van der Waals surface area (Å²) in [6, 6.07) is 0. The van der Waals surface area contributed by atoms with E-state index in [1.807, 2.05) is 18.7 Å². The molecule has 0 spiro atoms. The van der Waals surface area contributed by atoms with Gasteiger partial charge in [0.15, 0.2) is 0 Å². The molecule has 1 aliphatic heterocycles. The Hall–Kier alpha value is -0.620. The molecule has 1 aliphatic rings. The second kappa shape index (κ2) is 5.82. The smallest absolute Gasteiger partial charge is 0.257 e. The van der Waals surface area contributed by atoms with E-state index in [2.05, 4.69) is 9.97 Å². The molecule has 94 valence electrons. The second-order valence-corrected chi connectivity index (χ2v) is 6.40. The van der Waals surface area contributed by atoms with Gasteiger partial charge in [-0.2, -0.15) is 16.7 Å². The Morgan fingerprint density at radius 1 is 1.53 bits per heavy atom. The van der Waals surface area contributed by atoms with Crippen molar-refractivity contribution in [2.24, 2.45) is 0 Å². The first-order valence-electron chi connectivity index (χ1n) is 5.73. The van der Waals surface area contributed by atoms with Crippen LogP contribution < -0.4 is 5.56 Å². The van der Waals surface area contributed by atoms with Gasteiger partial charge < -0.3 is 10.1 Å². The minimum atomic E-state index is -0.189. The lowest BCUT2D eigenvalue weighted by Crippen LogP contribution is -2.20. The first-order chi connectivity index (χ1) is 8.22. The SMILES string of the molecule is CCCc1c(O)nc(C2CSCCS2)[nH]c1=O. The van der Waals surface area contributed by atoms with Gasteiger partial charge in [-0.15, -0.1) is 11.8 Å². The minimum Gasteiger partial charge on any atom is -0.493 e. The third kappa shape index (κ3) is 2.98. The number of thioether (sulfide) groups is 2. The molecule has 1 atom stereocenters. The Balaban J connectivity index is 2.27. The van der Waals surface area contributed by atoms with Gasteiger partial charge in [0.05, 0.1) is 10.8 Å². The first kappa shape index (κ1) is 12.8. The summed E-state index contributed by atoms with van der Waals surface area (Å²) in [6.45, 7) is 1.97. The van der Waals surface area contributed by atoms with Gasteiger partial charge >= 0.3 is 0 Å². The number of aromatic amines is 1. The molecule has 1 saturated heterocycles. The number of H-pyrrole nitrogens is 1. The van der Waals surface area contributed by atoms with E-state index in [4.69, 9.17) is 0 Å². The molecule has 4 nitrogen and oxygen atoms in total. The van der Waals surface area contributed by atoms with Crippen molar-refractivity contribution in [3.05, 3.63) is 21.7 Å². The predicted molar refractivity (Wildman–Crippen MR) is 73.0 cm³/mol. The van der Waals surface area contributed by atoms with Crippen molar-refractivity contribution < 1.29 is 5.11 Å². The molecular weight excluding hydrogens is 256 g/mol. The lowest BCUT2D eigenvalue weighted by Gasteiger charge is -2.20. The Kier molecular flexibility index (Phi) is 4.39. The maximum Gasteiger partial charge on any atom is 0.257 e. The van der Waals surface area contributed by atoms with Crippen LogP contribution in [-0.4, -0.2) is 32.3 Å². The van der Waals surface area contributed by atoms with Gasteiger partial charge in [0, 0.05) is 17.3 Å². The van der Waals surface area contributed by atoms with Gasteiger partial charge in [-0.05, 0) is 6.42 Å². The highest BCUT2D eigenvalue weighted by Gasteiger charge is 2.20. The second-order valence-electron chi connectivity index (χ2n) is 3.94. The van der Waals surface area contributed by atoms with E-state index in [0.29, 0.717) is 17.8 Å². The van der Waals surface area contributed by atoms with E-state index >= 15 is 0 Å². The molecule has 0 radical (unpaired) electrons. The number of nitrogens with one attached hydrogen (secondary N) is 1. The molecule has 1 unspecified atom stereocenters. The highest BCUT2D eigenvalue weighted by molar-refractivity contribution is 8.06. The van der Waals surface area contributed by atoms with Crippen LogP contribution in [0.3, 0.4) is 0 Å². The molecule has 6 heteroatoms. The largest absolute Gasteiger partial charge is 0.493 e.